The van der Waals surface area contributed by atoms with Crippen molar-refractivity contribution in [1.29, 1.82) is 0 Å². The molecule has 0 aliphatic carbocycles. The molecule has 2 saturated heterocycles. The van der Waals surface area contributed by atoms with Gasteiger partial charge in [-0.3, -0.25) is 4.79 Å². The second-order valence-electron chi connectivity index (χ2n) is 7.13. The second kappa shape index (κ2) is 7.19. The average Bonchev–Trinajstić information content (AvgIpc) is 3.34. The van der Waals surface area contributed by atoms with E-state index in [2.05, 4.69) is 10.1 Å². The number of benzene rings is 1. The molecule has 8 nitrogen and oxygen atoms in total. The zero-order valence-corrected chi connectivity index (χ0v) is 15.6. The van der Waals surface area contributed by atoms with E-state index in [1.807, 2.05) is 11.0 Å². The van der Waals surface area contributed by atoms with Gasteiger partial charge in [0, 0.05) is 30.6 Å². The maximum absolute atomic E-state index is 12.3. The fourth-order valence-corrected chi connectivity index (χ4v) is 3.79. The Morgan fingerprint density at radius 1 is 1.22 bits per heavy atom. The summed E-state index contributed by atoms with van der Waals surface area (Å²) in [4.78, 5) is 18.6. The highest BCUT2D eigenvalue weighted by molar-refractivity contribution is 5.77. The molecule has 27 heavy (non-hydrogen) atoms. The largest absolute Gasteiger partial charge is 0.493 e. The lowest BCUT2D eigenvalue weighted by Crippen LogP contribution is -2.46. The van der Waals surface area contributed by atoms with Crippen molar-refractivity contribution in [3.8, 4) is 22.9 Å². The standard InChI is InChI=1S/C19H23N3O5/c1-24-14-4-3-13(9-15(14)25-2)18-20-16(27-21-18)10-22-11-19(6-5-17(22)23)7-8-26-12-19/h3-4,9H,5-8,10-12H2,1-2H3/t19-/m0/s1. The SMILES string of the molecule is COc1ccc(-c2noc(CN3C[C@@]4(CCOC4)CCC3=O)n2)cc1OC. The lowest BCUT2D eigenvalue weighted by molar-refractivity contribution is -0.138. The molecule has 0 saturated carbocycles. The molecule has 1 spiro atoms. The van der Waals surface area contributed by atoms with E-state index in [1.54, 1.807) is 26.4 Å². The van der Waals surface area contributed by atoms with Crippen LogP contribution in [0.2, 0.25) is 0 Å². The molecule has 1 atom stereocenters. The number of piperidine rings is 1. The number of carbonyl (C=O) groups excluding carboxylic acids is 1. The van der Waals surface area contributed by atoms with Crippen molar-refractivity contribution in [3.05, 3.63) is 24.1 Å². The van der Waals surface area contributed by atoms with E-state index >= 15 is 0 Å². The minimum atomic E-state index is 0.0834. The highest BCUT2D eigenvalue weighted by Crippen LogP contribution is 2.38. The summed E-state index contributed by atoms with van der Waals surface area (Å²) in [5.74, 6) is 2.22. The first-order chi connectivity index (χ1) is 13.1. The Hall–Kier alpha value is -2.61. The zero-order valence-electron chi connectivity index (χ0n) is 15.6. The van der Waals surface area contributed by atoms with Crippen molar-refractivity contribution in [2.75, 3.05) is 34.0 Å². The Kier molecular flexibility index (Phi) is 4.73. The van der Waals surface area contributed by atoms with E-state index in [0.717, 1.165) is 31.6 Å². The number of aromatic nitrogens is 2. The molecule has 0 unspecified atom stereocenters. The fourth-order valence-electron chi connectivity index (χ4n) is 3.79. The molecule has 2 aliphatic rings. The van der Waals surface area contributed by atoms with Crippen LogP contribution in [0, 0.1) is 5.41 Å². The Balaban J connectivity index is 1.50. The molecule has 2 fully saturated rings. The molecule has 0 N–H and O–H groups in total. The molecule has 3 heterocycles. The number of carbonyl (C=O) groups is 1. The fraction of sp³-hybridized carbons (Fsp3) is 0.526. The number of rotatable bonds is 5. The van der Waals surface area contributed by atoms with Crippen LogP contribution in [-0.2, 0) is 16.1 Å². The summed E-state index contributed by atoms with van der Waals surface area (Å²) in [6.45, 7) is 2.49. The van der Waals surface area contributed by atoms with Crippen molar-refractivity contribution in [1.82, 2.24) is 15.0 Å². The Morgan fingerprint density at radius 2 is 2.07 bits per heavy atom. The number of hydrogen-bond acceptors (Lipinski definition) is 7. The van der Waals surface area contributed by atoms with Gasteiger partial charge in [-0.25, -0.2) is 0 Å². The summed E-state index contributed by atoms with van der Waals surface area (Å²) < 4.78 is 21.5. The lowest BCUT2D eigenvalue weighted by atomic mass is 9.79. The van der Waals surface area contributed by atoms with Gasteiger partial charge in [0.05, 0.1) is 20.8 Å². The molecule has 8 heteroatoms. The monoisotopic (exact) mass is 373 g/mol. The number of hydrogen-bond donors (Lipinski definition) is 0. The Labute approximate surface area is 157 Å². The highest BCUT2D eigenvalue weighted by atomic mass is 16.5. The van der Waals surface area contributed by atoms with Crippen molar-refractivity contribution in [2.24, 2.45) is 5.41 Å². The zero-order chi connectivity index (χ0) is 18.9. The summed E-state index contributed by atoms with van der Waals surface area (Å²) >= 11 is 0. The van der Waals surface area contributed by atoms with Gasteiger partial charge in [0.1, 0.15) is 6.54 Å². The van der Waals surface area contributed by atoms with Gasteiger partial charge in [-0.15, -0.1) is 0 Å². The minimum absolute atomic E-state index is 0.0834. The molecular weight excluding hydrogens is 350 g/mol. The van der Waals surface area contributed by atoms with Gasteiger partial charge < -0.3 is 23.6 Å². The quantitative estimate of drug-likeness (QED) is 0.794. The third kappa shape index (κ3) is 3.49. The summed E-state index contributed by atoms with van der Waals surface area (Å²) in [6.07, 6.45) is 2.43. The maximum Gasteiger partial charge on any atom is 0.246 e. The van der Waals surface area contributed by atoms with E-state index < -0.39 is 0 Å². The van der Waals surface area contributed by atoms with Gasteiger partial charge >= 0.3 is 0 Å². The van der Waals surface area contributed by atoms with Crippen LogP contribution >= 0.6 is 0 Å². The third-order valence-corrected chi connectivity index (χ3v) is 5.37. The van der Waals surface area contributed by atoms with Gasteiger partial charge in [0.15, 0.2) is 11.5 Å². The third-order valence-electron chi connectivity index (χ3n) is 5.37. The predicted molar refractivity (Wildman–Crippen MR) is 95.4 cm³/mol. The van der Waals surface area contributed by atoms with Gasteiger partial charge in [0.25, 0.3) is 0 Å². The summed E-state index contributed by atoms with van der Waals surface area (Å²) in [5, 5.41) is 4.05. The van der Waals surface area contributed by atoms with Crippen LogP contribution in [0.25, 0.3) is 11.4 Å². The summed E-state index contributed by atoms with van der Waals surface area (Å²) in [7, 11) is 3.16. The van der Waals surface area contributed by atoms with Gasteiger partial charge in [-0.1, -0.05) is 5.16 Å². The van der Waals surface area contributed by atoms with E-state index in [1.165, 1.54) is 0 Å². The smallest absolute Gasteiger partial charge is 0.246 e. The van der Waals surface area contributed by atoms with Crippen LogP contribution in [-0.4, -0.2) is 54.9 Å². The number of ether oxygens (including phenoxy) is 3. The first-order valence-corrected chi connectivity index (χ1v) is 9.03. The van der Waals surface area contributed by atoms with Gasteiger partial charge in [-0.2, -0.15) is 4.98 Å². The van der Waals surface area contributed by atoms with Crippen molar-refractivity contribution in [3.63, 3.8) is 0 Å². The number of amides is 1. The molecule has 2 aromatic rings. The first kappa shape index (κ1) is 17.8. The molecule has 0 radical (unpaired) electrons. The van der Waals surface area contributed by atoms with E-state index in [9.17, 15) is 4.79 Å². The molecular formula is C19H23N3O5. The first-order valence-electron chi connectivity index (χ1n) is 9.03. The van der Waals surface area contributed by atoms with E-state index in [0.29, 0.717) is 42.7 Å². The van der Waals surface area contributed by atoms with Crippen molar-refractivity contribution >= 4 is 5.91 Å². The van der Waals surface area contributed by atoms with Gasteiger partial charge in [0.2, 0.25) is 17.6 Å². The topological polar surface area (TPSA) is 86.9 Å². The Bertz CT molecular complexity index is 829. The molecule has 0 bridgehead atoms. The average molecular weight is 373 g/mol. The normalized spacial score (nSPS) is 22.4. The summed E-state index contributed by atoms with van der Waals surface area (Å²) in [6, 6.07) is 5.43. The number of methoxy groups -OCH3 is 2. The molecule has 1 amide bonds. The van der Waals surface area contributed by atoms with Crippen LogP contribution in [0.4, 0.5) is 0 Å². The molecule has 4 rings (SSSR count). The van der Waals surface area contributed by atoms with E-state index in [-0.39, 0.29) is 11.3 Å². The molecule has 144 valence electrons. The van der Waals surface area contributed by atoms with Crippen LogP contribution in [0.1, 0.15) is 25.2 Å². The number of likely N-dealkylation sites (tertiary alicyclic amines) is 1. The van der Waals surface area contributed by atoms with E-state index in [4.69, 9.17) is 18.7 Å². The second-order valence-corrected chi connectivity index (χ2v) is 7.13. The predicted octanol–water partition coefficient (Wildman–Crippen LogP) is 2.28. The molecule has 2 aliphatic heterocycles. The van der Waals surface area contributed by atoms with Crippen molar-refractivity contribution in [2.45, 2.75) is 25.8 Å². The van der Waals surface area contributed by atoms with Crippen LogP contribution < -0.4 is 9.47 Å². The Morgan fingerprint density at radius 3 is 2.81 bits per heavy atom. The molecule has 1 aromatic carbocycles. The summed E-state index contributed by atoms with van der Waals surface area (Å²) in [5.41, 5.74) is 0.841. The molecule has 1 aromatic heterocycles. The number of nitrogens with zero attached hydrogens (tertiary/aromatic N) is 3. The minimum Gasteiger partial charge on any atom is -0.493 e. The highest BCUT2D eigenvalue weighted by Gasteiger charge is 2.42. The van der Waals surface area contributed by atoms with Gasteiger partial charge in [-0.05, 0) is 31.0 Å². The van der Waals surface area contributed by atoms with Crippen molar-refractivity contribution < 1.29 is 23.5 Å². The van der Waals surface area contributed by atoms with Crippen LogP contribution in [0.15, 0.2) is 22.7 Å². The lowest BCUT2D eigenvalue weighted by Gasteiger charge is -2.38. The maximum atomic E-state index is 12.3. The van der Waals surface area contributed by atoms with Crippen LogP contribution in [0.3, 0.4) is 0 Å². The van der Waals surface area contributed by atoms with Crippen LogP contribution in [0.5, 0.6) is 11.5 Å².